The third kappa shape index (κ3) is 2.96. The van der Waals surface area contributed by atoms with E-state index in [1.807, 2.05) is 0 Å². The molecule has 0 aromatic carbocycles. The van der Waals surface area contributed by atoms with Crippen LogP contribution in [-0.4, -0.2) is 21.5 Å². The Hall–Kier alpha value is -1.56. The molecule has 7 heteroatoms. The molecule has 1 heterocycles. The normalized spacial score (nSPS) is 11.2. The number of carbonyl (C=O) groups is 1. The number of ether oxygens (including phenoxy) is 1. The summed E-state index contributed by atoms with van der Waals surface area (Å²) in [4.78, 5) is 28.4. The molecule has 0 aliphatic rings. The van der Waals surface area contributed by atoms with E-state index in [0.717, 1.165) is 0 Å². The lowest BCUT2D eigenvalue weighted by Gasteiger charge is -2.19. The molecule has 0 radical (unpaired) electrons. The maximum absolute atomic E-state index is 11.6. The zero-order valence-electron chi connectivity index (χ0n) is 9.13. The first-order valence-corrected chi connectivity index (χ1v) is 4.87. The highest BCUT2D eigenvalue weighted by molar-refractivity contribution is 6.29. The van der Waals surface area contributed by atoms with Gasteiger partial charge in [-0.1, -0.05) is 11.6 Å². The molecule has 1 rings (SSSR count). The Labute approximate surface area is 96.8 Å². The predicted molar refractivity (Wildman–Crippen MR) is 59.4 cm³/mol. The van der Waals surface area contributed by atoms with Crippen LogP contribution >= 0.6 is 11.6 Å². The van der Waals surface area contributed by atoms with Gasteiger partial charge in [-0.2, -0.15) is 0 Å². The molecule has 0 spiro atoms. The third-order valence-corrected chi connectivity index (χ3v) is 1.75. The number of halogens is 1. The Kier molecular flexibility index (Phi) is 3.23. The van der Waals surface area contributed by atoms with Crippen LogP contribution < -0.4 is 11.3 Å². The van der Waals surface area contributed by atoms with Gasteiger partial charge < -0.3 is 15.5 Å². The summed E-state index contributed by atoms with van der Waals surface area (Å²) < 4.78 is 5.04. The van der Waals surface area contributed by atoms with Gasteiger partial charge in [0.05, 0.1) is 0 Å². The second kappa shape index (κ2) is 4.13. The van der Waals surface area contributed by atoms with E-state index in [4.69, 9.17) is 22.1 Å². The maximum Gasteiger partial charge on any atom is 0.361 e. The Bertz CT molecular complexity index is 476. The van der Waals surface area contributed by atoms with Gasteiger partial charge in [-0.25, -0.2) is 9.78 Å². The zero-order valence-corrected chi connectivity index (χ0v) is 9.88. The maximum atomic E-state index is 11.6. The summed E-state index contributed by atoms with van der Waals surface area (Å²) in [5.41, 5.74) is 3.92. The van der Waals surface area contributed by atoms with Crippen LogP contribution in [0.1, 0.15) is 31.3 Å². The Balaban J connectivity index is 3.10. The van der Waals surface area contributed by atoms with Gasteiger partial charge in [0.15, 0.2) is 10.8 Å². The van der Waals surface area contributed by atoms with Crippen molar-refractivity contribution in [3.8, 4) is 0 Å². The van der Waals surface area contributed by atoms with E-state index < -0.39 is 17.1 Å². The molecule has 3 N–H and O–H groups in total. The van der Waals surface area contributed by atoms with Crippen molar-refractivity contribution in [1.29, 1.82) is 0 Å². The van der Waals surface area contributed by atoms with Crippen LogP contribution in [0, 0.1) is 0 Å². The van der Waals surface area contributed by atoms with Gasteiger partial charge in [0.25, 0.3) is 5.56 Å². The fourth-order valence-corrected chi connectivity index (χ4v) is 1.06. The lowest BCUT2D eigenvalue weighted by atomic mass is 10.2. The Morgan fingerprint density at radius 3 is 2.56 bits per heavy atom. The summed E-state index contributed by atoms with van der Waals surface area (Å²) in [6.07, 6.45) is 0. The van der Waals surface area contributed by atoms with Crippen molar-refractivity contribution in [2.75, 3.05) is 5.73 Å². The Morgan fingerprint density at radius 1 is 1.50 bits per heavy atom. The van der Waals surface area contributed by atoms with E-state index in [0.29, 0.717) is 0 Å². The molecular formula is C9H12ClN3O3. The van der Waals surface area contributed by atoms with Gasteiger partial charge in [0.1, 0.15) is 11.4 Å². The minimum absolute atomic E-state index is 0.163. The van der Waals surface area contributed by atoms with Crippen LogP contribution in [0.2, 0.25) is 5.15 Å². The summed E-state index contributed by atoms with van der Waals surface area (Å²) in [5.74, 6) is -0.896. The molecule has 0 atom stereocenters. The molecule has 1 aromatic rings. The van der Waals surface area contributed by atoms with E-state index >= 15 is 0 Å². The molecule has 6 nitrogen and oxygen atoms in total. The van der Waals surface area contributed by atoms with Crippen LogP contribution in [-0.2, 0) is 4.74 Å². The molecule has 0 saturated carbocycles. The molecule has 88 valence electrons. The van der Waals surface area contributed by atoms with Gasteiger partial charge in [-0.3, -0.25) is 4.79 Å². The quantitative estimate of drug-likeness (QED) is 0.718. The van der Waals surface area contributed by atoms with Crippen LogP contribution in [0.25, 0.3) is 0 Å². The average Bonchev–Trinajstić information content (AvgIpc) is 2.08. The molecule has 16 heavy (non-hydrogen) atoms. The van der Waals surface area contributed by atoms with Crippen molar-refractivity contribution < 1.29 is 9.53 Å². The fraction of sp³-hybridized carbons (Fsp3) is 0.444. The first-order valence-electron chi connectivity index (χ1n) is 4.49. The van der Waals surface area contributed by atoms with Crippen LogP contribution in [0.5, 0.6) is 0 Å². The number of hydrogen-bond donors (Lipinski definition) is 2. The molecule has 0 saturated heterocycles. The van der Waals surface area contributed by atoms with Crippen LogP contribution in [0.3, 0.4) is 0 Å². The van der Waals surface area contributed by atoms with Gasteiger partial charge in [-0.15, -0.1) is 0 Å². The standard InChI is InChI=1S/C9H12ClN3O3/c1-9(2,3)16-8(15)4-6(11)13-7(14)5(10)12-4/h1-3H3,(H3,11,13,14). The highest BCUT2D eigenvalue weighted by atomic mass is 35.5. The molecule has 0 unspecified atom stereocenters. The molecule has 0 aliphatic heterocycles. The number of hydrogen-bond acceptors (Lipinski definition) is 5. The average molecular weight is 246 g/mol. The van der Waals surface area contributed by atoms with Gasteiger partial charge in [0.2, 0.25) is 0 Å². The Morgan fingerprint density at radius 2 is 2.06 bits per heavy atom. The van der Waals surface area contributed by atoms with Crippen LogP contribution in [0.4, 0.5) is 5.82 Å². The first-order chi connectivity index (χ1) is 7.20. The summed E-state index contributed by atoms with van der Waals surface area (Å²) in [6, 6.07) is 0. The van der Waals surface area contributed by atoms with Gasteiger partial charge in [0, 0.05) is 0 Å². The minimum Gasteiger partial charge on any atom is -0.455 e. The summed E-state index contributed by atoms with van der Waals surface area (Å²) in [6.45, 7) is 5.11. The summed E-state index contributed by atoms with van der Waals surface area (Å²) >= 11 is 5.48. The topological polar surface area (TPSA) is 98.1 Å². The fourth-order valence-electron chi connectivity index (χ4n) is 0.924. The predicted octanol–water partition coefficient (Wildman–Crippen LogP) is 0.961. The number of anilines is 1. The third-order valence-electron chi connectivity index (χ3n) is 1.49. The van der Waals surface area contributed by atoms with Crippen molar-refractivity contribution in [2.24, 2.45) is 0 Å². The van der Waals surface area contributed by atoms with E-state index in [-0.39, 0.29) is 16.7 Å². The summed E-state index contributed by atoms with van der Waals surface area (Å²) in [7, 11) is 0. The smallest absolute Gasteiger partial charge is 0.361 e. The number of rotatable bonds is 1. The number of aromatic amines is 1. The number of nitrogens with two attached hydrogens (primary N) is 1. The number of esters is 1. The van der Waals surface area contributed by atoms with Crippen molar-refractivity contribution in [1.82, 2.24) is 9.97 Å². The van der Waals surface area contributed by atoms with Crippen molar-refractivity contribution in [3.05, 3.63) is 21.2 Å². The highest BCUT2D eigenvalue weighted by Gasteiger charge is 2.22. The molecule has 0 bridgehead atoms. The van der Waals surface area contributed by atoms with E-state index in [1.54, 1.807) is 20.8 Å². The molecule has 1 aromatic heterocycles. The van der Waals surface area contributed by atoms with Crippen molar-refractivity contribution in [2.45, 2.75) is 26.4 Å². The van der Waals surface area contributed by atoms with Crippen molar-refractivity contribution in [3.63, 3.8) is 0 Å². The zero-order chi connectivity index (χ0) is 12.5. The lowest BCUT2D eigenvalue weighted by Crippen LogP contribution is -2.26. The first kappa shape index (κ1) is 12.5. The SMILES string of the molecule is CC(C)(C)OC(=O)c1nc(Cl)c(=O)[nH]c1N. The number of nitrogens with zero attached hydrogens (tertiary/aromatic N) is 1. The molecule has 0 aliphatic carbocycles. The summed E-state index contributed by atoms with van der Waals surface area (Å²) in [5, 5.41) is -0.352. The number of H-pyrrole nitrogens is 1. The number of carbonyl (C=O) groups excluding carboxylic acids is 1. The van der Waals surface area contributed by atoms with Crippen LogP contribution in [0.15, 0.2) is 4.79 Å². The van der Waals surface area contributed by atoms with Crippen molar-refractivity contribution >= 4 is 23.4 Å². The molecular weight excluding hydrogens is 234 g/mol. The van der Waals surface area contributed by atoms with Gasteiger partial charge in [-0.05, 0) is 20.8 Å². The van der Waals surface area contributed by atoms with E-state index in [1.165, 1.54) is 0 Å². The molecule has 0 fully saturated rings. The second-order valence-corrected chi connectivity index (χ2v) is 4.48. The number of aromatic nitrogens is 2. The highest BCUT2D eigenvalue weighted by Crippen LogP contribution is 2.14. The molecule has 0 amide bonds. The number of nitrogen functional groups attached to an aromatic ring is 1. The monoisotopic (exact) mass is 245 g/mol. The van der Waals surface area contributed by atoms with Gasteiger partial charge >= 0.3 is 5.97 Å². The largest absolute Gasteiger partial charge is 0.455 e. The second-order valence-electron chi connectivity index (χ2n) is 4.12. The number of nitrogens with one attached hydrogen (secondary N) is 1. The van der Waals surface area contributed by atoms with E-state index in [2.05, 4.69) is 9.97 Å². The van der Waals surface area contributed by atoms with E-state index in [9.17, 15) is 9.59 Å². The lowest BCUT2D eigenvalue weighted by molar-refractivity contribution is 0.00638. The minimum atomic E-state index is -0.733.